The van der Waals surface area contributed by atoms with Crippen LogP contribution in [0.5, 0.6) is 0 Å². The maximum absolute atomic E-state index is 15.6. The van der Waals surface area contributed by atoms with Gasteiger partial charge in [0, 0.05) is 112 Å². The van der Waals surface area contributed by atoms with Gasteiger partial charge in [-0.25, -0.2) is 50.1 Å². The number of nitriles is 3. The van der Waals surface area contributed by atoms with Crippen molar-refractivity contribution in [2.24, 2.45) is 0 Å². The van der Waals surface area contributed by atoms with Gasteiger partial charge in [-0.15, -0.1) is 0 Å². The van der Waals surface area contributed by atoms with Crippen LogP contribution in [-0.4, -0.2) is 153 Å². The molecule has 3 aliphatic heterocycles. The topological polar surface area (TPSA) is 363 Å². The van der Waals surface area contributed by atoms with Crippen LogP contribution >= 0.6 is 81.2 Å². The van der Waals surface area contributed by atoms with Crippen LogP contribution in [0.3, 0.4) is 0 Å². The predicted molar refractivity (Wildman–Crippen MR) is 521 cm³/mol. The van der Waals surface area contributed by atoms with E-state index in [1.807, 2.05) is 79.4 Å². The number of carbonyl (C=O) groups excluding carboxylic acids is 3. The Morgan fingerprint density at radius 2 is 0.674 bits per heavy atom. The molecule has 15 rings (SSSR count). The number of aryl methyl sites for hydroxylation is 3. The molecule has 6 N–H and O–H groups in total. The van der Waals surface area contributed by atoms with Gasteiger partial charge in [-0.2, -0.15) is 15.8 Å². The van der Waals surface area contributed by atoms with Crippen LogP contribution < -0.4 is 48.6 Å². The van der Waals surface area contributed by atoms with E-state index >= 15 is 17.6 Å². The van der Waals surface area contributed by atoms with E-state index in [-0.39, 0.29) is 200 Å². The van der Waals surface area contributed by atoms with E-state index < -0.39 is 128 Å². The number of piperazine rings is 3. The van der Waals surface area contributed by atoms with Crippen molar-refractivity contribution in [1.29, 1.82) is 15.8 Å². The van der Waals surface area contributed by atoms with Crippen LogP contribution in [0.2, 0.25) is 35.2 Å². The van der Waals surface area contributed by atoms with Gasteiger partial charge in [-0.1, -0.05) is 142 Å². The van der Waals surface area contributed by atoms with Crippen molar-refractivity contribution in [1.82, 2.24) is 58.3 Å². The first kappa shape index (κ1) is 102. The summed E-state index contributed by atoms with van der Waals surface area (Å²) < 4.78 is 124. The quantitative estimate of drug-likeness (QED) is 0.0282. The highest BCUT2D eigenvalue weighted by Gasteiger charge is 2.40. The Hall–Kier alpha value is -13.4. The van der Waals surface area contributed by atoms with E-state index in [2.05, 4.69) is 50.7 Å². The third-order valence-corrected chi connectivity index (χ3v) is 26.5. The molecule has 3 saturated heterocycles. The van der Waals surface area contributed by atoms with E-state index in [9.17, 15) is 62.1 Å². The number of hydrogen-bond donors (Lipinski definition) is 3. The number of nitrogen functional groups attached to an aromatic ring is 3. The maximum Gasteiger partial charge on any atom is 0.276 e. The number of amides is 3. The van der Waals surface area contributed by atoms with Gasteiger partial charge in [0.2, 0.25) is 17.7 Å². The Morgan fingerprint density at radius 1 is 0.399 bits per heavy atom. The lowest BCUT2D eigenvalue weighted by atomic mass is 10.0. The number of fused-ring (bicyclic) bond motifs is 3. The number of nitrogens with two attached hydrogens (primary N) is 3. The van der Waals surface area contributed by atoms with E-state index in [4.69, 9.17) is 103 Å². The zero-order valence-corrected chi connectivity index (χ0v) is 81.1. The standard InChI is InChI=1S/C32H28Cl3F2N7O2.2C32H28Cl2F3N7O2/c1-6-20(45)43-10-9-42(13-16(43)5)30-17-11-19(33)28(21-22(34)23(35)25(37)26(39)24(21)36)41-31(17)44(32(46)18(30)12-38)29-15(4)7-8-40-27(29)14(2)3;1-6-20(45)43-10-9-42(13-16(43)5)30-17-11-19(33)28(21-23(35)22(34)25(37)26(39)24(21)36)41-31(17)44(32(46)18(30)12-38)29-15(4)7-8-40-27(29)14(2)3;1-6-20(45)43-10-9-42(13-16(43)5)30-17-11-19(33)28(21-22(34)24(36)25(37)26(39)23(21)35)41-31(17)44(32(46)18(30)12-38)29-15(4)7-8-40-27(29)14(2)3/h3*6-8,11,14,16H,1,9-10,13,39H2,2-5H3/t3*16-/m111/s1. The van der Waals surface area contributed by atoms with Gasteiger partial charge in [-0.3, -0.25) is 57.4 Å². The van der Waals surface area contributed by atoms with Crippen LogP contribution in [0.4, 0.5) is 69.2 Å². The molecule has 138 heavy (non-hydrogen) atoms. The monoisotopic (exact) mass is 2020 g/mol. The van der Waals surface area contributed by atoms with Gasteiger partial charge in [0.05, 0.1) is 115 Å². The van der Waals surface area contributed by atoms with Gasteiger partial charge >= 0.3 is 0 Å². The fourth-order valence-electron chi connectivity index (χ4n) is 17.5. The number of pyridine rings is 9. The van der Waals surface area contributed by atoms with E-state index in [0.29, 0.717) is 50.8 Å². The van der Waals surface area contributed by atoms with Gasteiger partial charge < -0.3 is 46.6 Å². The molecule has 9 aromatic heterocycles. The summed E-state index contributed by atoms with van der Waals surface area (Å²) in [4.78, 5) is 118. The predicted octanol–water partition coefficient (Wildman–Crippen LogP) is 19.4. The molecular weight excluding hydrogens is 1940 g/mol. The minimum Gasteiger partial charge on any atom is -0.394 e. The minimum atomic E-state index is -1.67. The molecule has 12 aromatic rings. The lowest BCUT2D eigenvalue weighted by molar-refractivity contribution is -0.129. The molecule has 3 amide bonds. The van der Waals surface area contributed by atoms with Gasteiger partial charge in [0.1, 0.15) is 73.9 Å². The Kier molecular flexibility index (Phi) is 29.8. The lowest BCUT2D eigenvalue weighted by Crippen LogP contribution is -2.54. The second-order valence-corrected chi connectivity index (χ2v) is 36.5. The fourth-order valence-corrected chi connectivity index (χ4v) is 19.1. The third-order valence-electron chi connectivity index (χ3n) is 24.1. The zero-order valence-electron chi connectivity index (χ0n) is 75.8. The van der Waals surface area contributed by atoms with Crippen LogP contribution in [-0.2, 0) is 14.4 Å². The second-order valence-electron chi connectivity index (χ2n) is 33.8. The highest BCUT2D eigenvalue weighted by molar-refractivity contribution is 6.45. The number of halogens is 15. The van der Waals surface area contributed by atoms with Crippen LogP contribution in [0.15, 0.2) is 107 Å². The largest absolute Gasteiger partial charge is 0.394 e. The number of anilines is 6. The summed E-state index contributed by atoms with van der Waals surface area (Å²) in [7, 11) is 0. The summed E-state index contributed by atoms with van der Waals surface area (Å²) in [6.07, 6.45) is 8.43. The number of benzene rings is 3. The molecule has 3 aliphatic rings. The summed E-state index contributed by atoms with van der Waals surface area (Å²) >= 11 is 44.5. The van der Waals surface area contributed by atoms with Crippen molar-refractivity contribution in [3.05, 3.63) is 256 Å². The molecule has 0 spiro atoms. The number of hydrogen-bond acceptors (Lipinski definition) is 21. The van der Waals surface area contributed by atoms with Gasteiger partial charge in [0.15, 0.2) is 46.5 Å². The smallest absolute Gasteiger partial charge is 0.276 e. The van der Waals surface area contributed by atoms with Crippen molar-refractivity contribution in [2.75, 3.05) is 90.8 Å². The Morgan fingerprint density at radius 3 is 0.957 bits per heavy atom. The number of nitrogens with zero attached hydrogens (tertiary/aromatic N) is 18. The average Bonchev–Trinajstić information content (AvgIpc) is 0.726. The molecule has 42 heteroatoms. The van der Waals surface area contributed by atoms with Crippen molar-refractivity contribution in [3.63, 3.8) is 0 Å². The molecule has 3 fully saturated rings. The maximum atomic E-state index is 15.6. The average molecular weight is 2030 g/mol. The van der Waals surface area contributed by atoms with Crippen molar-refractivity contribution >= 4 is 166 Å². The highest BCUT2D eigenvalue weighted by Crippen LogP contribution is 2.49. The van der Waals surface area contributed by atoms with E-state index in [1.165, 1.54) is 50.1 Å². The molecule has 714 valence electrons. The Balaban J connectivity index is 0.000000175. The SMILES string of the molecule is C=CC(=O)N1CCN(c2c(C#N)c(=O)n(-c3c(C)ccnc3C(C)C)c3nc(-c4c(F)c(N)c(F)c(Cl)c4Cl)c(Cl)cc23)C[C@H]1C.C=CC(=O)N1CCN(c2c(C#N)c(=O)n(-c3c(C)ccnc3C(C)C)c3nc(-c4c(F)c(N)c(F)c(Cl)c4F)c(Cl)cc23)C[C@H]1C.C=CC(=O)N1CCN(c2c(C#N)c(=O)n(-c3c(C)ccnc3C(C)C)c3nc(-c4c(F)c(N)c(F)c(F)c4Cl)c(Cl)cc23)C[C@H]1C. The van der Waals surface area contributed by atoms with Crippen molar-refractivity contribution in [3.8, 4) is 69.0 Å². The summed E-state index contributed by atoms with van der Waals surface area (Å²) in [5.74, 6) is -12.9. The Bertz CT molecular complexity index is 6790. The van der Waals surface area contributed by atoms with Crippen LogP contribution in [0.1, 0.15) is 131 Å². The molecule has 3 atom stereocenters. The summed E-state index contributed by atoms with van der Waals surface area (Å²) in [6.45, 7) is 35.0. The van der Waals surface area contributed by atoms with Crippen molar-refractivity contribution in [2.45, 2.75) is 119 Å². The zero-order chi connectivity index (χ0) is 101. The van der Waals surface area contributed by atoms with Crippen LogP contribution in [0.25, 0.3) is 83.9 Å². The third kappa shape index (κ3) is 17.7. The van der Waals surface area contributed by atoms with Gasteiger partial charge in [0.25, 0.3) is 16.7 Å². The molecule has 0 saturated carbocycles. The first-order valence-electron chi connectivity index (χ1n) is 42.6. The molecule has 0 unspecified atom stereocenters. The first-order chi connectivity index (χ1) is 65.2. The highest BCUT2D eigenvalue weighted by atomic mass is 35.5. The van der Waals surface area contributed by atoms with Crippen LogP contribution in [0, 0.1) is 101 Å². The van der Waals surface area contributed by atoms with Crippen molar-refractivity contribution < 1.29 is 49.5 Å². The minimum absolute atomic E-state index is 0.00290. The normalized spacial score (nSPS) is 15.0. The number of carbonyl (C=O) groups is 3. The molecule has 3 aromatic carbocycles. The number of rotatable bonds is 15. The molecule has 0 bridgehead atoms. The summed E-state index contributed by atoms with van der Waals surface area (Å²) in [5.41, 5.74) is 12.5. The summed E-state index contributed by atoms with van der Waals surface area (Å²) in [5, 5.41) is 28.2. The molecule has 0 aliphatic carbocycles. The van der Waals surface area contributed by atoms with E-state index in [1.54, 1.807) is 82.1 Å². The molecule has 27 nitrogen and oxygen atoms in total. The first-order valence-corrected chi connectivity index (χ1v) is 45.2. The molecule has 12 heterocycles. The lowest BCUT2D eigenvalue weighted by Gasteiger charge is -2.41. The summed E-state index contributed by atoms with van der Waals surface area (Å²) in [6, 6.07) is 14.4. The molecule has 0 radical (unpaired) electrons. The second kappa shape index (κ2) is 40.3. The molecular formula is C96H84Cl7F8N21O6. The van der Waals surface area contributed by atoms with Gasteiger partial charge in [-0.05, 0) is 131 Å². The Labute approximate surface area is 819 Å². The fraction of sp³-hybridized carbons (Fsp3) is 0.281. The number of aromatic nitrogens is 9. The van der Waals surface area contributed by atoms with E-state index in [0.717, 1.165) is 0 Å².